The van der Waals surface area contributed by atoms with Gasteiger partial charge in [0, 0.05) is 0 Å². The number of halogens is 1. The molecule has 0 aromatic carbocycles. The van der Waals surface area contributed by atoms with Gasteiger partial charge >= 0.3 is 113 Å². The zero-order valence-electron chi connectivity index (χ0n) is 12.2. The van der Waals surface area contributed by atoms with Crippen molar-refractivity contribution in [2.75, 3.05) is 20.1 Å². The molecule has 0 aromatic heterocycles. The van der Waals surface area contributed by atoms with Crippen LogP contribution in [0.3, 0.4) is 0 Å². The minimum atomic E-state index is -0.00808. The molecule has 0 amide bonds. The van der Waals surface area contributed by atoms with Crippen molar-refractivity contribution in [2.45, 2.75) is 58.9 Å². The van der Waals surface area contributed by atoms with Crippen LogP contribution in [0.5, 0.6) is 0 Å². The van der Waals surface area contributed by atoms with Gasteiger partial charge in [-0.05, 0) is 0 Å². The summed E-state index contributed by atoms with van der Waals surface area (Å²) < 4.78 is 1.78. The standard InChI is InChI=1S/C13H28BClN2/c1-6-8-10-14-17(11-9-7-2)12-13(3,4)16(5)15/h10H,6-9,11-12H2,1-5H3. The van der Waals surface area contributed by atoms with E-state index in [0.717, 1.165) is 19.5 Å². The van der Waals surface area contributed by atoms with Gasteiger partial charge in [0.05, 0.1) is 0 Å². The van der Waals surface area contributed by atoms with Crippen LogP contribution in [-0.4, -0.2) is 47.9 Å². The van der Waals surface area contributed by atoms with Crippen molar-refractivity contribution in [2.24, 2.45) is 0 Å². The van der Waals surface area contributed by atoms with Crippen LogP contribution in [0.1, 0.15) is 53.4 Å². The van der Waals surface area contributed by atoms with Crippen molar-refractivity contribution >= 4 is 24.8 Å². The molecule has 17 heavy (non-hydrogen) atoms. The fraction of sp³-hybridized carbons (Fsp3) is 0.923. The zero-order chi connectivity index (χ0) is 13.3. The Kier molecular flexibility index (Phi) is 8.98. The Bertz CT molecular complexity index is 217. The number of hydrogen-bond acceptors (Lipinski definition) is 2. The van der Waals surface area contributed by atoms with E-state index < -0.39 is 0 Å². The fourth-order valence-corrected chi connectivity index (χ4v) is 1.61. The average molecular weight is 259 g/mol. The summed E-state index contributed by atoms with van der Waals surface area (Å²) in [6.07, 6.45) is 4.82. The first-order valence-corrected chi connectivity index (χ1v) is 7.08. The van der Waals surface area contributed by atoms with E-state index in [1.54, 1.807) is 4.42 Å². The van der Waals surface area contributed by atoms with Gasteiger partial charge in [0.25, 0.3) is 0 Å². The second-order valence-electron chi connectivity index (χ2n) is 5.29. The van der Waals surface area contributed by atoms with Crippen LogP contribution >= 0.6 is 11.8 Å². The van der Waals surface area contributed by atoms with Crippen molar-refractivity contribution in [3.8, 4) is 0 Å². The Morgan fingerprint density at radius 2 is 1.88 bits per heavy atom. The molecule has 0 aliphatic heterocycles. The molecule has 0 spiro atoms. The first-order valence-electron chi connectivity index (χ1n) is 6.74. The van der Waals surface area contributed by atoms with E-state index in [1.807, 2.05) is 7.05 Å². The Balaban J connectivity index is 4.36. The predicted octanol–water partition coefficient (Wildman–Crippen LogP) is 3.17. The molecule has 0 bridgehead atoms. The van der Waals surface area contributed by atoms with Crippen molar-refractivity contribution in [1.29, 1.82) is 0 Å². The van der Waals surface area contributed by atoms with Gasteiger partial charge in [-0.15, -0.1) is 0 Å². The topological polar surface area (TPSA) is 6.48 Å². The molecule has 0 heterocycles. The summed E-state index contributed by atoms with van der Waals surface area (Å²) >= 11 is 6.09. The van der Waals surface area contributed by atoms with Gasteiger partial charge in [-0.2, -0.15) is 0 Å². The third-order valence-corrected chi connectivity index (χ3v) is 3.45. The molecule has 0 saturated carbocycles. The molecule has 100 valence electrons. The van der Waals surface area contributed by atoms with Gasteiger partial charge in [0.2, 0.25) is 0 Å². The monoisotopic (exact) mass is 258 g/mol. The molecular weight excluding hydrogens is 230 g/mol. The van der Waals surface area contributed by atoms with E-state index in [9.17, 15) is 0 Å². The molecule has 0 aliphatic carbocycles. The molecule has 0 atom stereocenters. The zero-order valence-corrected chi connectivity index (χ0v) is 12.9. The fourth-order valence-electron chi connectivity index (χ4n) is 1.55. The van der Waals surface area contributed by atoms with Crippen molar-refractivity contribution in [1.82, 2.24) is 9.23 Å². The number of rotatable bonds is 9. The van der Waals surface area contributed by atoms with Crippen LogP contribution < -0.4 is 0 Å². The Labute approximate surface area is 113 Å². The second kappa shape index (κ2) is 8.99. The molecule has 2 nitrogen and oxygen atoms in total. The summed E-state index contributed by atoms with van der Waals surface area (Å²) in [7, 11) is 4.16. The summed E-state index contributed by atoms with van der Waals surface area (Å²) in [5.74, 6) is 2.26. The maximum atomic E-state index is 6.09. The summed E-state index contributed by atoms with van der Waals surface area (Å²) in [5.41, 5.74) is -0.00808. The van der Waals surface area contributed by atoms with E-state index >= 15 is 0 Å². The number of nitrogens with zero attached hydrogens (tertiary/aromatic N) is 2. The van der Waals surface area contributed by atoms with Crippen LogP contribution in [0.4, 0.5) is 0 Å². The van der Waals surface area contributed by atoms with Gasteiger partial charge in [-0.1, -0.05) is 0 Å². The van der Waals surface area contributed by atoms with Crippen LogP contribution in [-0.2, 0) is 0 Å². The van der Waals surface area contributed by atoms with Crippen molar-refractivity contribution in [3.05, 3.63) is 0 Å². The first-order chi connectivity index (χ1) is 7.94. The van der Waals surface area contributed by atoms with Gasteiger partial charge < -0.3 is 0 Å². The summed E-state index contributed by atoms with van der Waals surface area (Å²) in [4.78, 5) is 2.39. The Morgan fingerprint density at radius 3 is 2.35 bits per heavy atom. The predicted molar refractivity (Wildman–Crippen MR) is 80.9 cm³/mol. The normalized spacial score (nSPS) is 12.2. The molecule has 0 rings (SSSR count). The molecule has 4 heteroatoms. The second-order valence-corrected chi connectivity index (χ2v) is 5.79. The number of hydrogen-bond donors (Lipinski definition) is 0. The van der Waals surface area contributed by atoms with Gasteiger partial charge in [0.15, 0.2) is 0 Å². The SMILES string of the molecule is CCCC=BN(CCCC)CC(C)(C)N(C)Cl. The molecule has 0 fully saturated rings. The average Bonchev–Trinajstić information content (AvgIpc) is 2.25. The first kappa shape index (κ1) is 17.0. The van der Waals surface area contributed by atoms with Gasteiger partial charge in [-0.25, -0.2) is 0 Å². The third-order valence-electron chi connectivity index (χ3n) is 2.99. The number of unbranched alkanes of at least 4 members (excludes halogenated alkanes) is 2. The molecule has 0 N–H and O–H groups in total. The van der Waals surface area contributed by atoms with Crippen LogP contribution in [0.25, 0.3) is 0 Å². The molecule has 0 aliphatic rings. The van der Waals surface area contributed by atoms with E-state index in [2.05, 4.69) is 45.5 Å². The molecular formula is C13H28BClN2. The van der Waals surface area contributed by atoms with Crippen molar-refractivity contribution in [3.63, 3.8) is 0 Å². The van der Waals surface area contributed by atoms with Gasteiger partial charge in [-0.3, -0.25) is 0 Å². The Morgan fingerprint density at radius 1 is 1.24 bits per heavy atom. The van der Waals surface area contributed by atoms with E-state index in [4.69, 9.17) is 11.8 Å². The Hall–Kier alpha value is -0.0151. The van der Waals surface area contributed by atoms with E-state index in [-0.39, 0.29) is 5.54 Å². The summed E-state index contributed by atoms with van der Waals surface area (Å²) in [5, 5.41) is 0. The molecule has 0 aromatic rings. The van der Waals surface area contributed by atoms with Crippen LogP contribution in [0, 0.1) is 0 Å². The molecule has 0 unspecified atom stereocenters. The minimum absolute atomic E-state index is 0.00808. The molecule has 0 saturated heterocycles. The summed E-state index contributed by atoms with van der Waals surface area (Å²) in [6.45, 7) is 10.9. The quantitative estimate of drug-likeness (QED) is 0.463. The van der Waals surface area contributed by atoms with E-state index in [1.165, 1.54) is 19.3 Å². The third kappa shape index (κ3) is 7.83. The van der Waals surface area contributed by atoms with Crippen molar-refractivity contribution < 1.29 is 0 Å². The molecule has 0 radical (unpaired) electrons. The maximum absolute atomic E-state index is 6.09. The summed E-state index contributed by atoms with van der Waals surface area (Å²) in [6, 6.07) is 0. The van der Waals surface area contributed by atoms with Crippen LogP contribution in [0.15, 0.2) is 0 Å². The van der Waals surface area contributed by atoms with Gasteiger partial charge in [0.1, 0.15) is 0 Å². The van der Waals surface area contributed by atoms with Crippen LogP contribution in [0.2, 0.25) is 0 Å². The van der Waals surface area contributed by atoms with E-state index in [0.29, 0.717) is 0 Å². The number of likely N-dealkylation sites (N-methyl/N-ethyl adjacent to an activating group) is 1.